The minimum absolute atomic E-state index is 0.0168. The Morgan fingerprint density at radius 1 is 1.17 bits per heavy atom. The van der Waals surface area contributed by atoms with Crippen molar-refractivity contribution in [3.63, 3.8) is 0 Å². The summed E-state index contributed by atoms with van der Waals surface area (Å²) in [4.78, 5) is 12.6. The van der Waals surface area contributed by atoms with Crippen LogP contribution in [0.4, 0.5) is 5.13 Å². The summed E-state index contributed by atoms with van der Waals surface area (Å²) in [5.74, 6) is 0.132. The van der Waals surface area contributed by atoms with Crippen LogP contribution >= 0.6 is 11.3 Å². The number of anilines is 1. The molecule has 1 heterocycles. The van der Waals surface area contributed by atoms with Gasteiger partial charge < -0.3 is 9.47 Å². The summed E-state index contributed by atoms with van der Waals surface area (Å²) in [5, 5.41) is 19.2. The van der Waals surface area contributed by atoms with E-state index in [0.717, 1.165) is 16.9 Å². The van der Waals surface area contributed by atoms with Gasteiger partial charge in [-0.25, -0.2) is 8.42 Å². The van der Waals surface area contributed by atoms with Gasteiger partial charge in [0.2, 0.25) is 19.3 Å². The number of carbonyl (C=O) groups excluding carboxylic acids is 1. The molecule has 0 aliphatic rings. The lowest BCUT2D eigenvalue weighted by atomic mass is 10.1. The Morgan fingerprint density at radius 2 is 1.91 bits per heavy atom. The maximum absolute atomic E-state index is 12.6. The molecule has 1 atom stereocenters. The monoisotopic (exact) mass is 512 g/mol. The Bertz CT molecular complexity index is 1360. The molecule has 0 fully saturated rings. The molecule has 1 aromatic heterocycles. The minimum atomic E-state index is -3.54. The first kappa shape index (κ1) is 25.9. The number of hydrogen-bond donors (Lipinski definition) is 1. The number of benzene rings is 2. The summed E-state index contributed by atoms with van der Waals surface area (Å²) in [7, 11) is -3.54. The number of rotatable bonds is 10. The summed E-state index contributed by atoms with van der Waals surface area (Å²) >= 11 is 0.726. The lowest BCUT2D eigenvalue weighted by Crippen LogP contribution is -2.13. The molecule has 0 radical (unpaired) electrons. The zero-order valence-electron chi connectivity index (χ0n) is 19.4. The molecule has 0 bridgehead atoms. The van der Waals surface area contributed by atoms with E-state index < -0.39 is 15.7 Å². The number of amides is 1. The number of nitrogens with zero attached hydrogens (tertiary/aromatic N) is 3. The first-order valence-corrected chi connectivity index (χ1v) is 13.2. The zero-order chi connectivity index (χ0) is 25.4. The molecule has 182 valence electrons. The Balaban J connectivity index is 1.80. The number of aromatic nitrogens is 2. The quantitative estimate of drug-likeness (QED) is 0.240. The van der Waals surface area contributed by atoms with Crippen molar-refractivity contribution in [1.29, 1.82) is 5.26 Å². The van der Waals surface area contributed by atoms with Crippen molar-refractivity contribution in [2.24, 2.45) is 0 Å². The van der Waals surface area contributed by atoms with Crippen LogP contribution in [-0.4, -0.2) is 36.9 Å². The van der Waals surface area contributed by atoms with Crippen molar-refractivity contribution in [2.45, 2.75) is 31.2 Å². The van der Waals surface area contributed by atoms with Crippen molar-refractivity contribution in [3.8, 4) is 17.6 Å². The zero-order valence-corrected chi connectivity index (χ0v) is 21.0. The highest BCUT2D eigenvalue weighted by Crippen LogP contribution is 2.33. The van der Waals surface area contributed by atoms with Gasteiger partial charge in [0.15, 0.2) is 11.5 Å². The molecule has 35 heavy (non-hydrogen) atoms. The number of ether oxygens (including phenoxy) is 2. The Labute approximate surface area is 208 Å². The van der Waals surface area contributed by atoms with E-state index in [4.69, 9.17) is 9.47 Å². The molecule has 0 saturated carbocycles. The third kappa shape index (κ3) is 6.65. The van der Waals surface area contributed by atoms with Crippen LogP contribution in [0.5, 0.6) is 11.5 Å². The van der Waals surface area contributed by atoms with Gasteiger partial charge in [-0.05, 0) is 43.2 Å². The van der Waals surface area contributed by atoms with Gasteiger partial charge in [0.1, 0.15) is 17.7 Å². The second-order valence-electron chi connectivity index (χ2n) is 7.21. The lowest BCUT2D eigenvalue weighted by Gasteiger charge is -2.18. The van der Waals surface area contributed by atoms with E-state index in [0.29, 0.717) is 23.7 Å². The first-order chi connectivity index (χ1) is 16.8. The standard InChI is InChI=1S/C24H24N4O5S2/c1-4-32-21-14-17(11-12-20(21)33-16(3)18-9-7-6-8-10-18)13-19(15-25)22(29)26-23-27-28-24(34-23)35(30,31)5-2/h6-14,16H,4-5H2,1-3H3,(H,26,27,29). The summed E-state index contributed by atoms with van der Waals surface area (Å²) < 4.78 is 35.4. The third-order valence-corrected chi connectivity index (χ3v) is 7.81. The molecule has 11 heteroatoms. The van der Waals surface area contributed by atoms with E-state index in [2.05, 4.69) is 15.5 Å². The van der Waals surface area contributed by atoms with Gasteiger partial charge in [0.05, 0.1) is 12.4 Å². The van der Waals surface area contributed by atoms with Crippen LogP contribution in [0.1, 0.15) is 38.0 Å². The van der Waals surface area contributed by atoms with Gasteiger partial charge in [0, 0.05) is 0 Å². The molecule has 1 N–H and O–H groups in total. The molecule has 1 unspecified atom stereocenters. The largest absolute Gasteiger partial charge is 0.490 e. The van der Waals surface area contributed by atoms with Crippen molar-refractivity contribution in [2.75, 3.05) is 17.7 Å². The summed E-state index contributed by atoms with van der Waals surface area (Å²) in [5.41, 5.74) is 1.36. The molecule has 0 aliphatic heterocycles. The van der Waals surface area contributed by atoms with E-state index in [-0.39, 0.29) is 26.9 Å². The predicted octanol–water partition coefficient (Wildman–Crippen LogP) is 4.42. The molecule has 3 aromatic rings. The minimum Gasteiger partial charge on any atom is -0.490 e. The first-order valence-electron chi connectivity index (χ1n) is 10.7. The molecule has 0 aliphatic carbocycles. The van der Waals surface area contributed by atoms with Crippen LogP contribution < -0.4 is 14.8 Å². The fraction of sp³-hybridized carbons (Fsp3) is 0.250. The van der Waals surface area contributed by atoms with Crippen LogP contribution in [0.3, 0.4) is 0 Å². The highest BCUT2D eigenvalue weighted by atomic mass is 32.2. The SMILES string of the molecule is CCOc1cc(C=C(C#N)C(=O)Nc2nnc(S(=O)(=O)CC)s2)ccc1OC(C)c1ccccc1. The maximum Gasteiger partial charge on any atom is 0.268 e. The third-order valence-electron chi connectivity index (χ3n) is 4.79. The average molecular weight is 513 g/mol. The molecule has 9 nitrogen and oxygen atoms in total. The van der Waals surface area contributed by atoms with Gasteiger partial charge >= 0.3 is 0 Å². The van der Waals surface area contributed by atoms with Crippen molar-refractivity contribution >= 4 is 38.3 Å². The van der Waals surface area contributed by atoms with Crippen molar-refractivity contribution in [3.05, 3.63) is 65.2 Å². The van der Waals surface area contributed by atoms with Crippen LogP contribution in [0.15, 0.2) is 58.4 Å². The summed E-state index contributed by atoms with van der Waals surface area (Å²) in [6, 6.07) is 16.7. The smallest absolute Gasteiger partial charge is 0.268 e. The van der Waals surface area contributed by atoms with E-state index >= 15 is 0 Å². The van der Waals surface area contributed by atoms with Crippen LogP contribution in [0.2, 0.25) is 0 Å². The van der Waals surface area contributed by atoms with E-state index in [1.807, 2.05) is 50.2 Å². The number of nitriles is 1. The molecule has 2 aromatic carbocycles. The van der Waals surface area contributed by atoms with Crippen molar-refractivity contribution in [1.82, 2.24) is 10.2 Å². The molecular formula is C24H24N4O5S2. The predicted molar refractivity (Wildman–Crippen MR) is 133 cm³/mol. The Kier molecular flexibility index (Phi) is 8.57. The molecule has 3 rings (SSSR count). The van der Waals surface area contributed by atoms with Gasteiger partial charge in [0.25, 0.3) is 5.91 Å². The molecular weight excluding hydrogens is 488 g/mol. The summed E-state index contributed by atoms with van der Waals surface area (Å²) in [6.45, 7) is 5.66. The van der Waals surface area contributed by atoms with Gasteiger partial charge in [-0.3, -0.25) is 10.1 Å². The second kappa shape index (κ2) is 11.6. The summed E-state index contributed by atoms with van der Waals surface area (Å²) in [6.07, 6.45) is 1.18. The fourth-order valence-electron chi connectivity index (χ4n) is 2.95. The van der Waals surface area contributed by atoms with Crippen LogP contribution in [0.25, 0.3) is 6.08 Å². The number of sulfone groups is 1. The van der Waals surface area contributed by atoms with Gasteiger partial charge in [-0.15, -0.1) is 10.2 Å². The Hall–Kier alpha value is -3.75. The highest BCUT2D eigenvalue weighted by molar-refractivity contribution is 7.93. The van der Waals surface area contributed by atoms with Crippen LogP contribution in [-0.2, 0) is 14.6 Å². The van der Waals surface area contributed by atoms with E-state index in [1.165, 1.54) is 13.0 Å². The topological polar surface area (TPSA) is 131 Å². The van der Waals surface area contributed by atoms with Gasteiger partial charge in [-0.2, -0.15) is 5.26 Å². The van der Waals surface area contributed by atoms with Crippen LogP contribution in [0, 0.1) is 11.3 Å². The van der Waals surface area contributed by atoms with Crippen molar-refractivity contribution < 1.29 is 22.7 Å². The maximum atomic E-state index is 12.6. The number of nitrogens with one attached hydrogen (secondary N) is 1. The second-order valence-corrected chi connectivity index (χ2v) is 10.6. The van der Waals surface area contributed by atoms with Gasteiger partial charge in [-0.1, -0.05) is 54.7 Å². The number of carbonyl (C=O) groups is 1. The number of hydrogen-bond acceptors (Lipinski definition) is 9. The molecule has 1 amide bonds. The molecule has 0 saturated heterocycles. The highest BCUT2D eigenvalue weighted by Gasteiger charge is 2.20. The lowest BCUT2D eigenvalue weighted by molar-refractivity contribution is -0.112. The van der Waals surface area contributed by atoms with E-state index in [9.17, 15) is 18.5 Å². The average Bonchev–Trinajstić information content (AvgIpc) is 3.34. The fourth-order valence-corrected chi connectivity index (χ4v) is 4.93. The van der Waals surface area contributed by atoms with E-state index in [1.54, 1.807) is 18.2 Å². The Morgan fingerprint density at radius 3 is 2.57 bits per heavy atom. The normalized spacial score (nSPS) is 12.5. The molecule has 0 spiro atoms.